The number of nitrogens with zero attached hydrogens (tertiary/aromatic N) is 3. The first kappa shape index (κ1) is 22.5. The third-order valence-electron chi connectivity index (χ3n) is 5.92. The molecule has 0 unspecified atom stereocenters. The van der Waals surface area contributed by atoms with Crippen LogP contribution >= 0.6 is 0 Å². The number of fused-ring (bicyclic) bond motifs is 1. The lowest BCUT2D eigenvalue weighted by molar-refractivity contribution is -0.116. The second-order valence-corrected chi connectivity index (χ2v) is 8.71. The Bertz CT molecular complexity index is 1230. The number of hydrogen-bond acceptors (Lipinski definition) is 4. The van der Waals surface area contributed by atoms with E-state index in [4.69, 9.17) is 0 Å². The van der Waals surface area contributed by atoms with Crippen molar-refractivity contribution in [1.29, 1.82) is 0 Å². The molecule has 2 aromatic carbocycles. The molecule has 0 radical (unpaired) electrons. The van der Waals surface area contributed by atoms with Crippen LogP contribution in [0.1, 0.15) is 54.7 Å². The van der Waals surface area contributed by atoms with Crippen molar-refractivity contribution in [3.8, 4) is 0 Å². The average molecular weight is 445 g/mol. The highest BCUT2D eigenvalue weighted by molar-refractivity contribution is 6.06. The highest BCUT2D eigenvalue weighted by Gasteiger charge is 2.32. The summed E-state index contributed by atoms with van der Waals surface area (Å²) < 4.78 is 1.18. The van der Waals surface area contributed by atoms with Crippen molar-refractivity contribution in [2.45, 2.75) is 52.1 Å². The predicted molar refractivity (Wildman–Crippen MR) is 129 cm³/mol. The molecule has 0 saturated heterocycles. The van der Waals surface area contributed by atoms with E-state index in [0.29, 0.717) is 11.6 Å². The molecule has 1 aromatic heterocycles. The topological polar surface area (TPSA) is 84.3 Å². The van der Waals surface area contributed by atoms with Crippen LogP contribution in [0.15, 0.2) is 65.5 Å². The number of amides is 2. The molecule has 4 rings (SSSR count). The molecule has 170 valence electrons. The van der Waals surface area contributed by atoms with Gasteiger partial charge in [-0.2, -0.15) is 5.10 Å². The molecule has 3 aromatic rings. The molecule has 0 aliphatic carbocycles. The summed E-state index contributed by atoms with van der Waals surface area (Å²) in [5.41, 5.74) is 3.72. The summed E-state index contributed by atoms with van der Waals surface area (Å²) in [4.78, 5) is 39.6. The molecule has 2 amide bonds. The van der Waals surface area contributed by atoms with Crippen LogP contribution in [0, 0.1) is 0 Å². The maximum Gasteiger partial charge on any atom is 0.278 e. The van der Waals surface area contributed by atoms with Gasteiger partial charge in [-0.05, 0) is 54.7 Å². The lowest BCUT2D eigenvalue weighted by Gasteiger charge is -2.22. The van der Waals surface area contributed by atoms with Gasteiger partial charge in [0.2, 0.25) is 5.91 Å². The lowest BCUT2D eigenvalue weighted by atomic mass is 10.0. The fourth-order valence-electron chi connectivity index (χ4n) is 4.10. The molecular weight excluding hydrogens is 416 g/mol. The third-order valence-corrected chi connectivity index (χ3v) is 5.92. The van der Waals surface area contributed by atoms with Crippen LogP contribution in [0.25, 0.3) is 0 Å². The minimum Gasteiger partial charge on any atom is -0.326 e. The van der Waals surface area contributed by atoms with Gasteiger partial charge in [-0.25, -0.2) is 4.68 Å². The van der Waals surface area contributed by atoms with E-state index in [1.165, 1.54) is 22.4 Å². The van der Waals surface area contributed by atoms with Crippen molar-refractivity contribution in [1.82, 2.24) is 9.78 Å². The van der Waals surface area contributed by atoms with E-state index < -0.39 is 0 Å². The van der Waals surface area contributed by atoms with Gasteiger partial charge in [0.15, 0.2) is 0 Å². The first-order valence-electron chi connectivity index (χ1n) is 11.2. The second-order valence-electron chi connectivity index (χ2n) is 8.71. The van der Waals surface area contributed by atoms with E-state index in [9.17, 15) is 14.4 Å². The number of hydrogen-bond donors (Lipinski definition) is 1. The van der Waals surface area contributed by atoms with Crippen molar-refractivity contribution in [3.05, 3.63) is 87.8 Å². The summed E-state index contributed by atoms with van der Waals surface area (Å²) in [7, 11) is 0. The molecule has 7 nitrogen and oxygen atoms in total. The van der Waals surface area contributed by atoms with E-state index in [2.05, 4.69) is 24.3 Å². The van der Waals surface area contributed by atoms with Crippen LogP contribution in [-0.2, 0) is 17.8 Å². The largest absolute Gasteiger partial charge is 0.326 e. The fourth-order valence-corrected chi connectivity index (χ4v) is 4.10. The monoisotopic (exact) mass is 444 g/mol. The zero-order valence-electron chi connectivity index (χ0n) is 19.1. The van der Waals surface area contributed by atoms with Gasteiger partial charge in [0.05, 0.1) is 6.54 Å². The molecule has 0 fully saturated rings. The smallest absolute Gasteiger partial charge is 0.278 e. The molecular formula is C26H28N4O3. The summed E-state index contributed by atoms with van der Waals surface area (Å²) >= 11 is 0. The number of carbonyl (C=O) groups is 2. The Balaban J connectivity index is 1.44. The van der Waals surface area contributed by atoms with Crippen LogP contribution in [-0.4, -0.2) is 27.6 Å². The number of aromatic nitrogens is 2. The predicted octanol–water partition coefficient (Wildman–Crippen LogP) is 3.99. The Labute approximate surface area is 193 Å². The van der Waals surface area contributed by atoms with Gasteiger partial charge in [0.1, 0.15) is 5.69 Å². The van der Waals surface area contributed by atoms with Crippen molar-refractivity contribution in [2.24, 2.45) is 0 Å². The van der Waals surface area contributed by atoms with Crippen LogP contribution < -0.4 is 15.8 Å². The summed E-state index contributed by atoms with van der Waals surface area (Å²) in [6.45, 7) is 6.30. The van der Waals surface area contributed by atoms with Gasteiger partial charge in [0, 0.05) is 29.9 Å². The number of nitrogens with one attached hydrogen (secondary N) is 1. The quantitative estimate of drug-likeness (QED) is 0.623. The molecule has 1 atom stereocenters. The highest BCUT2D eigenvalue weighted by atomic mass is 16.2. The van der Waals surface area contributed by atoms with Crippen molar-refractivity contribution < 1.29 is 9.59 Å². The number of benzene rings is 2. The summed E-state index contributed by atoms with van der Waals surface area (Å²) in [6.07, 6.45) is 0.847. The third kappa shape index (κ3) is 4.87. The van der Waals surface area contributed by atoms with Crippen LogP contribution in [0.4, 0.5) is 11.4 Å². The van der Waals surface area contributed by atoms with Crippen molar-refractivity contribution in [2.75, 3.05) is 10.2 Å². The van der Waals surface area contributed by atoms with Crippen LogP contribution in [0.3, 0.4) is 0 Å². The first-order valence-corrected chi connectivity index (χ1v) is 11.2. The number of carbonyl (C=O) groups excluding carboxylic acids is 2. The Morgan fingerprint density at radius 2 is 1.79 bits per heavy atom. The van der Waals surface area contributed by atoms with Crippen LogP contribution in [0.5, 0.6) is 0 Å². The summed E-state index contributed by atoms with van der Waals surface area (Å²) in [5, 5.41) is 7.11. The molecule has 1 aliphatic rings. The first-order chi connectivity index (χ1) is 15.8. The minimum absolute atomic E-state index is 0.00457. The maximum absolute atomic E-state index is 13.2. The maximum atomic E-state index is 13.2. The van der Waals surface area contributed by atoms with Gasteiger partial charge in [-0.15, -0.1) is 0 Å². The standard InChI is InChI=1S/C26H28N4O3/c1-17(2)19-8-10-21(11-9-19)27-24(31)14-15-29-25(32)13-12-22(28-29)26(33)30-18(3)16-20-6-4-5-7-23(20)30/h4-13,17-18H,14-16H2,1-3H3,(H,27,31)/t18-/m1/s1. The second kappa shape index (κ2) is 9.40. The summed E-state index contributed by atoms with van der Waals surface area (Å²) in [5.74, 6) is -0.0598. The van der Waals surface area contributed by atoms with Gasteiger partial charge < -0.3 is 10.2 Å². The highest BCUT2D eigenvalue weighted by Crippen LogP contribution is 2.32. The SMILES string of the molecule is CC(C)c1ccc(NC(=O)CCn2nc(C(=O)N3c4ccccc4C[C@H]3C)ccc2=O)cc1. The Morgan fingerprint density at radius 3 is 2.52 bits per heavy atom. The van der Waals surface area contributed by atoms with E-state index in [1.54, 1.807) is 4.90 Å². The molecule has 0 bridgehead atoms. The molecule has 2 heterocycles. The van der Waals surface area contributed by atoms with Gasteiger partial charge in [-0.1, -0.05) is 44.2 Å². The molecule has 1 aliphatic heterocycles. The normalized spacial score (nSPS) is 14.9. The van der Waals surface area contributed by atoms with E-state index >= 15 is 0 Å². The Hall–Kier alpha value is -3.74. The molecule has 7 heteroatoms. The average Bonchev–Trinajstić information content (AvgIpc) is 3.14. The Morgan fingerprint density at radius 1 is 1.06 bits per heavy atom. The summed E-state index contributed by atoms with van der Waals surface area (Å²) in [6, 6.07) is 18.3. The number of para-hydroxylation sites is 1. The molecule has 0 saturated carbocycles. The Kier molecular flexibility index (Phi) is 6.40. The van der Waals surface area contributed by atoms with Gasteiger partial charge in [0.25, 0.3) is 11.5 Å². The van der Waals surface area contributed by atoms with E-state index in [0.717, 1.165) is 17.7 Å². The van der Waals surface area contributed by atoms with E-state index in [1.807, 2.05) is 55.5 Å². The lowest BCUT2D eigenvalue weighted by Crippen LogP contribution is -2.37. The number of aryl methyl sites for hydroxylation is 1. The van der Waals surface area contributed by atoms with Gasteiger partial charge >= 0.3 is 0 Å². The molecule has 33 heavy (non-hydrogen) atoms. The molecule has 1 N–H and O–H groups in total. The van der Waals surface area contributed by atoms with Crippen molar-refractivity contribution >= 4 is 23.2 Å². The van der Waals surface area contributed by atoms with Crippen molar-refractivity contribution in [3.63, 3.8) is 0 Å². The minimum atomic E-state index is -0.351. The van der Waals surface area contributed by atoms with E-state index in [-0.39, 0.29) is 42.1 Å². The van der Waals surface area contributed by atoms with Crippen LogP contribution in [0.2, 0.25) is 0 Å². The number of anilines is 2. The zero-order valence-corrected chi connectivity index (χ0v) is 19.1. The zero-order chi connectivity index (χ0) is 23.5. The molecule has 0 spiro atoms. The fraction of sp³-hybridized carbons (Fsp3) is 0.308. The van der Waals surface area contributed by atoms with Gasteiger partial charge in [-0.3, -0.25) is 14.4 Å². The number of rotatable bonds is 6.